The van der Waals surface area contributed by atoms with Crippen LogP contribution in [0.5, 0.6) is 5.75 Å². The van der Waals surface area contributed by atoms with E-state index in [0.29, 0.717) is 28.0 Å². The summed E-state index contributed by atoms with van der Waals surface area (Å²) in [5, 5.41) is 18.6. The van der Waals surface area contributed by atoms with Gasteiger partial charge < -0.3 is 30.3 Å². The summed E-state index contributed by atoms with van der Waals surface area (Å²) in [6.07, 6.45) is 4.30. The molecular weight excluding hydrogens is 464 g/mol. The SMILES string of the molecule is COc1cc(Nc2nc(NC3(C)CC3)c3c(C(=O)O)csc3n2)ccc1N1CCC(N(C)C)CC1. The first-order valence-corrected chi connectivity index (χ1v) is 12.8. The molecule has 3 heterocycles. The largest absolute Gasteiger partial charge is 0.495 e. The molecule has 3 aromatic rings. The summed E-state index contributed by atoms with van der Waals surface area (Å²) in [6, 6.07) is 6.67. The fraction of sp³-hybridized carbons (Fsp3) is 0.480. The minimum Gasteiger partial charge on any atom is -0.495 e. The van der Waals surface area contributed by atoms with E-state index in [0.717, 1.165) is 55.9 Å². The number of piperidine rings is 1. The van der Waals surface area contributed by atoms with Crippen molar-refractivity contribution in [2.45, 2.75) is 44.2 Å². The Balaban J connectivity index is 1.41. The van der Waals surface area contributed by atoms with E-state index in [2.05, 4.69) is 57.5 Å². The number of carboxylic acid groups (broad SMARTS) is 1. The van der Waals surface area contributed by atoms with E-state index in [4.69, 9.17) is 4.74 Å². The monoisotopic (exact) mass is 496 g/mol. The summed E-state index contributed by atoms with van der Waals surface area (Å²) < 4.78 is 5.74. The molecule has 1 saturated heterocycles. The molecular formula is C25H32N6O3S. The average molecular weight is 497 g/mol. The number of aromatic nitrogens is 2. The van der Waals surface area contributed by atoms with E-state index >= 15 is 0 Å². The van der Waals surface area contributed by atoms with Gasteiger partial charge in [-0.3, -0.25) is 0 Å². The number of nitrogens with one attached hydrogen (secondary N) is 2. The molecule has 0 spiro atoms. The molecule has 1 saturated carbocycles. The summed E-state index contributed by atoms with van der Waals surface area (Å²) in [5.41, 5.74) is 2.07. The van der Waals surface area contributed by atoms with Crippen LogP contribution in [0.25, 0.3) is 10.2 Å². The first kappa shape index (κ1) is 23.6. The highest BCUT2D eigenvalue weighted by molar-refractivity contribution is 7.17. The smallest absolute Gasteiger partial charge is 0.337 e. The number of thiophene rings is 1. The Kier molecular flexibility index (Phi) is 6.18. The molecule has 2 aliphatic rings. The van der Waals surface area contributed by atoms with Gasteiger partial charge in [0.15, 0.2) is 0 Å². The van der Waals surface area contributed by atoms with Crippen molar-refractivity contribution < 1.29 is 14.6 Å². The molecule has 2 aromatic heterocycles. The number of anilines is 4. The van der Waals surface area contributed by atoms with E-state index in [-0.39, 0.29) is 11.1 Å². The number of ether oxygens (including phenoxy) is 1. The first-order valence-electron chi connectivity index (χ1n) is 11.9. The van der Waals surface area contributed by atoms with Crippen molar-refractivity contribution >= 4 is 50.7 Å². The van der Waals surface area contributed by atoms with Crippen LogP contribution in [0.4, 0.5) is 23.1 Å². The normalized spacial score (nSPS) is 17.6. The highest BCUT2D eigenvalue weighted by Gasteiger charge is 2.38. The molecule has 0 unspecified atom stereocenters. The zero-order chi connectivity index (χ0) is 24.7. The van der Waals surface area contributed by atoms with Gasteiger partial charge in [-0.2, -0.15) is 4.98 Å². The number of methoxy groups -OCH3 is 1. The Hall–Kier alpha value is -3.11. The average Bonchev–Trinajstić information content (AvgIpc) is 3.39. The van der Waals surface area contributed by atoms with Gasteiger partial charge in [-0.15, -0.1) is 11.3 Å². The second kappa shape index (κ2) is 9.16. The van der Waals surface area contributed by atoms with Crippen LogP contribution in [0.1, 0.15) is 43.0 Å². The summed E-state index contributed by atoms with van der Waals surface area (Å²) >= 11 is 1.31. The van der Waals surface area contributed by atoms with Crippen molar-refractivity contribution in [3.8, 4) is 5.75 Å². The Bertz CT molecular complexity index is 1250. The van der Waals surface area contributed by atoms with E-state index in [1.54, 1.807) is 12.5 Å². The van der Waals surface area contributed by atoms with Crippen molar-refractivity contribution in [3.05, 3.63) is 29.1 Å². The molecule has 1 aliphatic carbocycles. The van der Waals surface area contributed by atoms with Gasteiger partial charge in [0.05, 0.1) is 23.7 Å². The first-order chi connectivity index (χ1) is 16.8. The molecule has 10 heteroatoms. The third kappa shape index (κ3) is 4.85. The lowest BCUT2D eigenvalue weighted by Gasteiger charge is -2.37. The highest BCUT2D eigenvalue weighted by atomic mass is 32.1. The van der Waals surface area contributed by atoms with Crippen LogP contribution in [-0.2, 0) is 0 Å². The molecule has 0 radical (unpaired) electrons. The molecule has 3 N–H and O–H groups in total. The third-order valence-electron chi connectivity index (χ3n) is 7.06. The molecule has 35 heavy (non-hydrogen) atoms. The molecule has 1 aromatic carbocycles. The van der Waals surface area contributed by atoms with Crippen LogP contribution < -0.4 is 20.3 Å². The number of hydrogen-bond acceptors (Lipinski definition) is 9. The molecule has 0 bridgehead atoms. The van der Waals surface area contributed by atoms with Crippen LogP contribution in [0.3, 0.4) is 0 Å². The van der Waals surface area contributed by atoms with Gasteiger partial charge in [-0.25, -0.2) is 9.78 Å². The maximum absolute atomic E-state index is 11.8. The van der Waals surface area contributed by atoms with Crippen molar-refractivity contribution in [1.82, 2.24) is 14.9 Å². The molecule has 2 fully saturated rings. The molecule has 1 aliphatic heterocycles. The maximum atomic E-state index is 11.8. The predicted octanol–water partition coefficient (Wildman–Crippen LogP) is 4.64. The standard InChI is InChI=1S/C25H32N6O3S/c1-25(9-10-25)29-21-20-17(23(32)33)14-35-22(20)28-24(27-21)26-15-5-6-18(19(13-15)34-4)31-11-7-16(8-12-31)30(2)3/h5-6,13-14,16H,7-12H2,1-4H3,(H,32,33)(H2,26,27,28,29). The highest BCUT2D eigenvalue weighted by Crippen LogP contribution is 2.41. The van der Waals surface area contributed by atoms with E-state index < -0.39 is 5.97 Å². The number of aromatic carboxylic acids is 1. The number of benzene rings is 1. The van der Waals surface area contributed by atoms with Crippen molar-refractivity contribution in [1.29, 1.82) is 0 Å². The summed E-state index contributed by atoms with van der Waals surface area (Å²) in [5.74, 6) is 0.806. The van der Waals surface area contributed by atoms with Crippen LogP contribution in [-0.4, -0.2) is 71.8 Å². The van der Waals surface area contributed by atoms with Gasteiger partial charge in [0, 0.05) is 41.8 Å². The molecule has 5 rings (SSSR count). The number of hydrogen-bond donors (Lipinski definition) is 3. The molecule has 9 nitrogen and oxygen atoms in total. The van der Waals surface area contributed by atoms with Crippen molar-refractivity contribution in [3.63, 3.8) is 0 Å². The quantitative estimate of drug-likeness (QED) is 0.412. The Morgan fingerprint density at radius 1 is 1.26 bits per heavy atom. The van der Waals surface area contributed by atoms with Gasteiger partial charge in [-0.05, 0) is 58.8 Å². The minimum absolute atomic E-state index is 0.0544. The van der Waals surface area contributed by atoms with Gasteiger partial charge in [0.1, 0.15) is 16.4 Å². The van der Waals surface area contributed by atoms with Crippen LogP contribution in [0.2, 0.25) is 0 Å². The maximum Gasteiger partial charge on any atom is 0.337 e. The van der Waals surface area contributed by atoms with Gasteiger partial charge in [-0.1, -0.05) is 0 Å². The Morgan fingerprint density at radius 3 is 2.63 bits per heavy atom. The summed E-state index contributed by atoms with van der Waals surface area (Å²) in [4.78, 5) is 26.4. The summed E-state index contributed by atoms with van der Waals surface area (Å²) in [7, 11) is 5.98. The topological polar surface area (TPSA) is 103 Å². The van der Waals surface area contributed by atoms with E-state index in [1.807, 2.05) is 12.1 Å². The second-order valence-corrected chi connectivity index (χ2v) is 10.8. The summed E-state index contributed by atoms with van der Waals surface area (Å²) in [6.45, 7) is 4.10. The zero-order valence-corrected chi connectivity index (χ0v) is 21.4. The fourth-order valence-electron chi connectivity index (χ4n) is 4.61. The van der Waals surface area contributed by atoms with Crippen LogP contribution in [0, 0.1) is 0 Å². The number of carbonyl (C=O) groups is 1. The minimum atomic E-state index is -0.973. The van der Waals surface area contributed by atoms with Gasteiger partial charge in [0.2, 0.25) is 5.95 Å². The van der Waals surface area contributed by atoms with Crippen LogP contribution >= 0.6 is 11.3 Å². The number of rotatable bonds is 8. The molecule has 186 valence electrons. The van der Waals surface area contributed by atoms with Gasteiger partial charge in [0.25, 0.3) is 0 Å². The van der Waals surface area contributed by atoms with Crippen molar-refractivity contribution in [2.75, 3.05) is 49.8 Å². The number of carboxylic acids is 1. The third-order valence-corrected chi connectivity index (χ3v) is 7.93. The van der Waals surface area contributed by atoms with E-state index in [9.17, 15) is 9.90 Å². The predicted molar refractivity (Wildman–Crippen MR) is 141 cm³/mol. The lowest BCUT2D eigenvalue weighted by molar-refractivity contribution is 0.0699. The number of nitrogens with zero attached hydrogens (tertiary/aromatic N) is 4. The molecule has 0 amide bonds. The van der Waals surface area contributed by atoms with Crippen LogP contribution in [0.15, 0.2) is 23.6 Å². The molecule has 0 atom stereocenters. The lowest BCUT2D eigenvalue weighted by Crippen LogP contribution is -2.42. The lowest BCUT2D eigenvalue weighted by atomic mass is 10.0. The number of fused-ring (bicyclic) bond motifs is 1. The Morgan fingerprint density at radius 2 is 2.00 bits per heavy atom. The van der Waals surface area contributed by atoms with Crippen molar-refractivity contribution in [2.24, 2.45) is 0 Å². The van der Waals surface area contributed by atoms with Gasteiger partial charge >= 0.3 is 5.97 Å². The fourth-order valence-corrected chi connectivity index (χ4v) is 5.52. The Labute approximate surface area is 209 Å². The second-order valence-electron chi connectivity index (χ2n) is 9.91. The van der Waals surface area contributed by atoms with E-state index in [1.165, 1.54) is 11.3 Å². The zero-order valence-electron chi connectivity index (χ0n) is 20.6.